The van der Waals surface area contributed by atoms with Crippen molar-refractivity contribution in [3.8, 4) is 0 Å². The van der Waals surface area contributed by atoms with Gasteiger partial charge in [0.05, 0.1) is 11.7 Å². The lowest BCUT2D eigenvalue weighted by Crippen LogP contribution is -2.23. The number of nitrogens with zero attached hydrogens (tertiary/aromatic N) is 2. The minimum atomic E-state index is 0.259. The van der Waals surface area contributed by atoms with E-state index >= 15 is 0 Å². The smallest absolute Gasteiger partial charge is 0.0802 e. The van der Waals surface area contributed by atoms with Crippen molar-refractivity contribution in [1.29, 1.82) is 0 Å². The Morgan fingerprint density at radius 1 is 1.42 bits per heavy atom. The lowest BCUT2D eigenvalue weighted by atomic mass is 10.2. The van der Waals surface area contributed by atoms with Gasteiger partial charge in [-0.2, -0.15) is 5.10 Å². The average molecular weight is 296 g/mol. The molecule has 0 amide bonds. The van der Waals surface area contributed by atoms with Gasteiger partial charge in [-0.3, -0.25) is 4.68 Å². The summed E-state index contributed by atoms with van der Waals surface area (Å²) in [6.07, 6.45) is 1.98. The molecule has 2 aromatic rings. The number of nitrogens with one attached hydrogen (secondary N) is 1. The molecule has 0 radical (unpaired) electrons. The summed E-state index contributed by atoms with van der Waals surface area (Å²) in [4.78, 5) is 1.19. The van der Waals surface area contributed by atoms with E-state index in [4.69, 9.17) is 11.6 Å². The van der Waals surface area contributed by atoms with E-state index in [1.807, 2.05) is 36.1 Å². The zero-order chi connectivity index (χ0) is 13.7. The molecule has 5 heteroatoms. The van der Waals surface area contributed by atoms with E-state index in [1.54, 1.807) is 11.8 Å². The Morgan fingerprint density at radius 3 is 2.89 bits per heavy atom. The molecular weight excluding hydrogens is 278 g/mol. The van der Waals surface area contributed by atoms with Crippen molar-refractivity contribution in [2.75, 3.05) is 12.3 Å². The van der Waals surface area contributed by atoms with Gasteiger partial charge in [-0.15, -0.1) is 11.8 Å². The fourth-order valence-corrected chi connectivity index (χ4v) is 3.14. The summed E-state index contributed by atoms with van der Waals surface area (Å²) >= 11 is 7.79. The van der Waals surface area contributed by atoms with Gasteiger partial charge < -0.3 is 5.32 Å². The number of halogens is 1. The van der Waals surface area contributed by atoms with E-state index in [1.165, 1.54) is 4.90 Å². The van der Waals surface area contributed by atoms with Crippen LogP contribution < -0.4 is 5.32 Å². The number of thioether (sulfide) groups is 1. The second-order valence-electron chi connectivity index (χ2n) is 4.29. The van der Waals surface area contributed by atoms with Gasteiger partial charge in [-0.1, -0.05) is 24.6 Å². The van der Waals surface area contributed by atoms with Crippen LogP contribution in [0.15, 0.2) is 41.4 Å². The van der Waals surface area contributed by atoms with Crippen molar-refractivity contribution in [1.82, 2.24) is 15.1 Å². The molecule has 1 unspecified atom stereocenters. The highest BCUT2D eigenvalue weighted by atomic mass is 35.5. The number of aryl methyl sites for hydroxylation is 1. The molecule has 0 bridgehead atoms. The fourth-order valence-electron chi connectivity index (χ4n) is 1.85. The molecule has 1 aromatic heterocycles. The molecule has 102 valence electrons. The highest BCUT2D eigenvalue weighted by molar-refractivity contribution is 7.99. The van der Waals surface area contributed by atoms with Gasteiger partial charge in [-0.25, -0.2) is 0 Å². The SMILES string of the molecule is CCNC(CSc1cccc(Cl)c1)c1ccn(C)n1. The number of hydrogen-bond acceptors (Lipinski definition) is 3. The van der Waals surface area contributed by atoms with Gasteiger partial charge in [0.1, 0.15) is 0 Å². The van der Waals surface area contributed by atoms with Crippen LogP contribution in [0.2, 0.25) is 5.02 Å². The van der Waals surface area contributed by atoms with Gasteiger partial charge in [0.15, 0.2) is 0 Å². The van der Waals surface area contributed by atoms with Crippen LogP contribution in [-0.4, -0.2) is 22.1 Å². The highest BCUT2D eigenvalue weighted by Gasteiger charge is 2.13. The molecule has 1 aromatic carbocycles. The van der Waals surface area contributed by atoms with Gasteiger partial charge >= 0.3 is 0 Å². The van der Waals surface area contributed by atoms with E-state index in [9.17, 15) is 0 Å². The van der Waals surface area contributed by atoms with E-state index in [0.29, 0.717) is 0 Å². The first-order valence-electron chi connectivity index (χ1n) is 6.30. The summed E-state index contributed by atoms with van der Waals surface area (Å²) in [6, 6.07) is 10.3. The molecule has 0 saturated carbocycles. The van der Waals surface area contributed by atoms with Gasteiger partial charge in [0.2, 0.25) is 0 Å². The molecule has 1 N–H and O–H groups in total. The van der Waals surface area contributed by atoms with Crippen molar-refractivity contribution in [2.24, 2.45) is 7.05 Å². The standard InChI is InChI=1S/C14H18ClN3S/c1-3-16-14(13-7-8-18(2)17-13)10-19-12-6-4-5-11(15)9-12/h4-9,14,16H,3,10H2,1-2H3. The average Bonchev–Trinajstić information content (AvgIpc) is 2.81. The topological polar surface area (TPSA) is 29.9 Å². The van der Waals surface area contributed by atoms with E-state index < -0.39 is 0 Å². The normalized spacial score (nSPS) is 12.6. The molecule has 2 rings (SSSR count). The molecule has 0 saturated heterocycles. The monoisotopic (exact) mass is 295 g/mol. The molecule has 3 nitrogen and oxygen atoms in total. The summed E-state index contributed by atoms with van der Waals surface area (Å²) in [5.74, 6) is 0.936. The second kappa shape index (κ2) is 6.98. The lowest BCUT2D eigenvalue weighted by molar-refractivity contribution is 0.578. The Labute approximate surface area is 123 Å². The minimum Gasteiger partial charge on any atom is -0.308 e. The van der Waals surface area contributed by atoms with Crippen LogP contribution in [0.3, 0.4) is 0 Å². The van der Waals surface area contributed by atoms with Gasteiger partial charge in [0, 0.05) is 28.9 Å². The first-order valence-corrected chi connectivity index (χ1v) is 7.66. The molecular formula is C14H18ClN3S. The lowest BCUT2D eigenvalue weighted by Gasteiger charge is -2.15. The first-order chi connectivity index (χ1) is 9.19. The number of hydrogen-bond donors (Lipinski definition) is 1. The summed E-state index contributed by atoms with van der Waals surface area (Å²) in [6.45, 7) is 3.04. The molecule has 19 heavy (non-hydrogen) atoms. The van der Waals surface area contributed by atoms with Crippen molar-refractivity contribution in [3.63, 3.8) is 0 Å². The summed E-state index contributed by atoms with van der Waals surface area (Å²) in [5, 5.41) is 8.72. The third-order valence-electron chi connectivity index (χ3n) is 2.75. The fraction of sp³-hybridized carbons (Fsp3) is 0.357. The Kier molecular flexibility index (Phi) is 5.31. The summed E-state index contributed by atoms with van der Waals surface area (Å²) < 4.78 is 1.84. The first kappa shape index (κ1) is 14.4. The molecule has 1 atom stereocenters. The van der Waals surface area contributed by atoms with Crippen LogP contribution in [-0.2, 0) is 7.05 Å². The predicted octanol–water partition coefficient (Wildman–Crippen LogP) is 3.52. The van der Waals surface area contributed by atoms with Crippen LogP contribution in [0, 0.1) is 0 Å². The maximum atomic E-state index is 6.00. The summed E-state index contributed by atoms with van der Waals surface area (Å²) in [5.41, 5.74) is 1.08. The molecule has 1 heterocycles. The van der Waals surface area contributed by atoms with Crippen LogP contribution in [0.25, 0.3) is 0 Å². The highest BCUT2D eigenvalue weighted by Crippen LogP contribution is 2.26. The maximum Gasteiger partial charge on any atom is 0.0802 e. The summed E-state index contributed by atoms with van der Waals surface area (Å²) in [7, 11) is 1.94. The zero-order valence-electron chi connectivity index (χ0n) is 11.1. The Bertz CT molecular complexity index is 527. The van der Waals surface area contributed by atoms with Crippen LogP contribution in [0.4, 0.5) is 0 Å². The maximum absolute atomic E-state index is 6.00. The van der Waals surface area contributed by atoms with Crippen molar-refractivity contribution < 1.29 is 0 Å². The molecule has 0 aliphatic heterocycles. The zero-order valence-corrected chi connectivity index (χ0v) is 12.7. The quantitative estimate of drug-likeness (QED) is 0.827. The Balaban J connectivity index is 2.01. The third kappa shape index (κ3) is 4.27. The second-order valence-corrected chi connectivity index (χ2v) is 5.82. The molecule has 0 aliphatic carbocycles. The van der Waals surface area contributed by atoms with Crippen molar-refractivity contribution >= 4 is 23.4 Å². The van der Waals surface area contributed by atoms with Crippen LogP contribution in [0.1, 0.15) is 18.7 Å². The van der Waals surface area contributed by atoms with E-state index in [0.717, 1.165) is 23.0 Å². The molecule has 0 aliphatic rings. The third-order valence-corrected chi connectivity index (χ3v) is 4.08. The molecule has 0 spiro atoms. The van der Waals surface area contributed by atoms with Crippen LogP contribution in [0.5, 0.6) is 0 Å². The number of aromatic nitrogens is 2. The predicted molar refractivity (Wildman–Crippen MR) is 81.8 cm³/mol. The van der Waals surface area contributed by atoms with Gasteiger partial charge in [0.25, 0.3) is 0 Å². The Hall–Kier alpha value is -0.970. The van der Waals surface area contributed by atoms with Crippen molar-refractivity contribution in [2.45, 2.75) is 17.9 Å². The van der Waals surface area contributed by atoms with Crippen LogP contribution >= 0.6 is 23.4 Å². The van der Waals surface area contributed by atoms with Gasteiger partial charge in [-0.05, 0) is 30.8 Å². The minimum absolute atomic E-state index is 0.259. The number of benzene rings is 1. The largest absolute Gasteiger partial charge is 0.308 e. The van der Waals surface area contributed by atoms with E-state index in [2.05, 4.69) is 29.5 Å². The Morgan fingerprint density at radius 2 is 2.26 bits per heavy atom. The van der Waals surface area contributed by atoms with E-state index in [-0.39, 0.29) is 6.04 Å². The van der Waals surface area contributed by atoms with Crippen molar-refractivity contribution in [3.05, 3.63) is 47.2 Å². The number of rotatable bonds is 6. The molecule has 0 fully saturated rings.